The molecule has 1 saturated carbocycles. The molecule has 5 nitrogen and oxygen atoms in total. The Hall–Kier alpha value is -1.56. The van der Waals surface area contributed by atoms with Crippen molar-refractivity contribution >= 4 is 33.5 Å². The summed E-state index contributed by atoms with van der Waals surface area (Å²) in [4.78, 5) is 23.4. The Morgan fingerprint density at radius 2 is 2.11 bits per heavy atom. The van der Waals surface area contributed by atoms with Gasteiger partial charge in [0.1, 0.15) is 10.1 Å². The number of methoxy groups -OCH3 is 1. The van der Waals surface area contributed by atoms with Gasteiger partial charge in [-0.2, -0.15) is 0 Å². The number of rotatable bonds is 3. The Kier molecular flexibility index (Phi) is 3.80. The molecule has 0 bridgehead atoms. The van der Waals surface area contributed by atoms with Crippen LogP contribution in [0.15, 0.2) is 18.2 Å². The van der Waals surface area contributed by atoms with Crippen molar-refractivity contribution in [2.24, 2.45) is 0 Å². The summed E-state index contributed by atoms with van der Waals surface area (Å²) >= 11 is 3.39. The minimum Gasteiger partial charge on any atom is -0.506 e. The number of aromatic hydroxyl groups is 1. The molecule has 102 valence electrons. The van der Waals surface area contributed by atoms with E-state index in [-0.39, 0.29) is 22.9 Å². The topological polar surface area (TPSA) is 75.6 Å². The highest BCUT2D eigenvalue weighted by atomic mass is 79.9. The van der Waals surface area contributed by atoms with Crippen LogP contribution in [0.25, 0.3) is 0 Å². The van der Waals surface area contributed by atoms with E-state index in [1.165, 1.54) is 25.3 Å². The van der Waals surface area contributed by atoms with Crippen molar-refractivity contribution in [1.29, 1.82) is 0 Å². The third-order valence-corrected chi connectivity index (χ3v) is 4.37. The van der Waals surface area contributed by atoms with Gasteiger partial charge in [0.05, 0.1) is 18.4 Å². The highest BCUT2D eigenvalue weighted by molar-refractivity contribution is 9.10. The summed E-state index contributed by atoms with van der Waals surface area (Å²) < 4.78 is 4.04. The maximum atomic E-state index is 12.0. The molecule has 1 amide bonds. The molecule has 0 radical (unpaired) electrons. The number of nitrogens with one attached hydrogen (secondary N) is 1. The fourth-order valence-electron chi connectivity index (χ4n) is 1.83. The number of anilines is 1. The fraction of sp³-hybridized carbons (Fsp3) is 0.385. The monoisotopic (exact) mass is 327 g/mol. The number of alkyl halides is 1. The van der Waals surface area contributed by atoms with Crippen LogP contribution in [0.1, 0.15) is 29.6 Å². The molecule has 2 N–H and O–H groups in total. The molecule has 0 aliphatic heterocycles. The van der Waals surface area contributed by atoms with E-state index in [1.807, 2.05) is 0 Å². The van der Waals surface area contributed by atoms with Crippen LogP contribution in [-0.4, -0.2) is 28.4 Å². The number of phenolic OH excluding ortho intramolecular Hbond substituents is 1. The lowest BCUT2D eigenvalue weighted by Crippen LogP contribution is -2.43. The molecule has 0 spiro atoms. The molecule has 19 heavy (non-hydrogen) atoms. The molecule has 1 aliphatic rings. The number of esters is 1. The lowest BCUT2D eigenvalue weighted by molar-refractivity contribution is -0.120. The summed E-state index contributed by atoms with van der Waals surface area (Å²) in [6, 6.07) is 4.18. The van der Waals surface area contributed by atoms with Gasteiger partial charge in [-0.1, -0.05) is 15.9 Å². The van der Waals surface area contributed by atoms with Crippen LogP contribution in [0.3, 0.4) is 0 Å². The number of amides is 1. The fourth-order valence-corrected chi connectivity index (χ4v) is 2.49. The van der Waals surface area contributed by atoms with Crippen LogP contribution in [0.4, 0.5) is 5.69 Å². The first-order valence-corrected chi connectivity index (χ1v) is 6.67. The molecule has 1 aliphatic carbocycles. The van der Waals surface area contributed by atoms with Crippen LogP contribution < -0.4 is 5.32 Å². The number of benzene rings is 1. The van der Waals surface area contributed by atoms with Gasteiger partial charge in [-0.3, -0.25) is 4.79 Å². The first kappa shape index (κ1) is 13.9. The highest BCUT2D eigenvalue weighted by Gasteiger charge is 2.41. The Labute approximate surface area is 119 Å². The summed E-state index contributed by atoms with van der Waals surface area (Å²) in [6.07, 6.45) is 2.51. The third-order valence-electron chi connectivity index (χ3n) is 3.22. The zero-order valence-corrected chi connectivity index (χ0v) is 12.0. The molecule has 1 aromatic carbocycles. The highest BCUT2D eigenvalue weighted by Crippen LogP contribution is 2.41. The molecule has 1 fully saturated rings. The summed E-state index contributed by atoms with van der Waals surface area (Å²) in [7, 11) is 1.27. The number of carbonyl (C=O) groups excluding carboxylic acids is 2. The molecule has 0 saturated heterocycles. The molecular formula is C13H14BrNO4. The van der Waals surface area contributed by atoms with E-state index >= 15 is 0 Å². The maximum Gasteiger partial charge on any atom is 0.337 e. The van der Waals surface area contributed by atoms with Crippen molar-refractivity contribution in [2.45, 2.75) is 23.6 Å². The molecule has 2 rings (SSSR count). The second kappa shape index (κ2) is 5.21. The molecule has 0 heterocycles. The van der Waals surface area contributed by atoms with Gasteiger partial charge in [0.2, 0.25) is 5.91 Å². The first-order valence-electron chi connectivity index (χ1n) is 5.88. The Morgan fingerprint density at radius 1 is 1.42 bits per heavy atom. The van der Waals surface area contributed by atoms with Crippen molar-refractivity contribution in [3.8, 4) is 5.75 Å². The summed E-state index contributed by atoms with van der Waals surface area (Å²) in [6.45, 7) is 0. The van der Waals surface area contributed by atoms with Crippen molar-refractivity contribution < 1.29 is 19.4 Å². The zero-order chi connectivity index (χ0) is 14.0. The van der Waals surface area contributed by atoms with Crippen molar-refractivity contribution in [2.75, 3.05) is 12.4 Å². The van der Waals surface area contributed by atoms with Crippen LogP contribution in [-0.2, 0) is 9.53 Å². The average molecular weight is 328 g/mol. The van der Waals surface area contributed by atoms with Gasteiger partial charge >= 0.3 is 5.97 Å². The Balaban J connectivity index is 2.19. The average Bonchev–Trinajstić information content (AvgIpc) is 2.37. The van der Waals surface area contributed by atoms with Crippen molar-refractivity contribution in [1.82, 2.24) is 0 Å². The lowest BCUT2D eigenvalue weighted by atomic mass is 9.84. The largest absolute Gasteiger partial charge is 0.506 e. The van der Waals surface area contributed by atoms with Gasteiger partial charge in [0.15, 0.2) is 0 Å². The predicted octanol–water partition coefficient (Wildman–Crippen LogP) is 2.43. The van der Waals surface area contributed by atoms with Gasteiger partial charge in [-0.25, -0.2) is 4.79 Å². The van der Waals surface area contributed by atoms with E-state index in [9.17, 15) is 14.7 Å². The molecule has 0 aromatic heterocycles. The van der Waals surface area contributed by atoms with E-state index in [0.717, 1.165) is 19.3 Å². The molecule has 6 heteroatoms. The molecule has 0 unspecified atom stereocenters. The third kappa shape index (κ3) is 2.73. The number of phenols is 1. The van der Waals surface area contributed by atoms with Crippen molar-refractivity contribution in [3.63, 3.8) is 0 Å². The quantitative estimate of drug-likeness (QED) is 0.508. The Bertz CT molecular complexity index is 525. The normalized spacial score (nSPS) is 16.3. The van der Waals surface area contributed by atoms with E-state index in [0.29, 0.717) is 0 Å². The number of hydrogen-bond acceptors (Lipinski definition) is 4. The van der Waals surface area contributed by atoms with Crippen molar-refractivity contribution in [3.05, 3.63) is 23.8 Å². The molecule has 0 atom stereocenters. The second-order valence-electron chi connectivity index (χ2n) is 4.50. The maximum absolute atomic E-state index is 12.0. The first-order chi connectivity index (χ1) is 8.96. The molecular weight excluding hydrogens is 314 g/mol. The smallest absolute Gasteiger partial charge is 0.337 e. The zero-order valence-electron chi connectivity index (χ0n) is 10.4. The second-order valence-corrected chi connectivity index (χ2v) is 6.01. The number of halogens is 1. The summed E-state index contributed by atoms with van der Waals surface area (Å²) in [5.74, 6) is -0.819. The van der Waals surface area contributed by atoms with Gasteiger partial charge in [-0.05, 0) is 37.5 Å². The SMILES string of the molecule is COC(=O)c1ccc(O)c(NC(=O)C2(Br)CCC2)c1. The standard InChI is InChI=1S/C13H14BrNO4/c1-19-11(17)8-3-4-10(16)9(7-8)15-12(18)13(14)5-2-6-13/h3-4,7,16H,2,5-6H2,1H3,(H,15,18). The minimum atomic E-state index is -0.555. The number of ether oxygens (including phenoxy) is 1. The van der Waals surface area contributed by atoms with Gasteiger partial charge in [0.25, 0.3) is 0 Å². The van der Waals surface area contributed by atoms with Gasteiger partial charge in [-0.15, -0.1) is 0 Å². The van der Waals surface area contributed by atoms with E-state index in [2.05, 4.69) is 26.0 Å². The summed E-state index contributed by atoms with van der Waals surface area (Å²) in [5, 5.41) is 12.3. The molecule has 1 aromatic rings. The van der Waals surface area contributed by atoms with E-state index < -0.39 is 10.3 Å². The predicted molar refractivity (Wildman–Crippen MR) is 73.6 cm³/mol. The van der Waals surface area contributed by atoms with Crippen LogP contribution >= 0.6 is 15.9 Å². The Morgan fingerprint density at radius 3 is 2.63 bits per heavy atom. The van der Waals surface area contributed by atoms with E-state index in [4.69, 9.17) is 0 Å². The van der Waals surface area contributed by atoms with Crippen LogP contribution in [0.2, 0.25) is 0 Å². The van der Waals surface area contributed by atoms with Gasteiger partial charge in [0, 0.05) is 0 Å². The number of carbonyl (C=O) groups is 2. The minimum absolute atomic E-state index is 0.0866. The number of hydrogen-bond donors (Lipinski definition) is 2. The van der Waals surface area contributed by atoms with Crippen LogP contribution in [0.5, 0.6) is 5.75 Å². The van der Waals surface area contributed by atoms with E-state index in [1.54, 1.807) is 0 Å². The lowest BCUT2D eigenvalue weighted by Gasteiger charge is -2.34. The van der Waals surface area contributed by atoms with Crippen LogP contribution in [0, 0.1) is 0 Å². The van der Waals surface area contributed by atoms with Gasteiger partial charge < -0.3 is 15.2 Å². The summed E-state index contributed by atoms with van der Waals surface area (Å²) in [5.41, 5.74) is 0.478.